The highest BCUT2D eigenvalue weighted by molar-refractivity contribution is 5.57. The topological polar surface area (TPSA) is 41.1 Å². The van der Waals surface area contributed by atoms with Crippen LogP contribution in [-0.2, 0) is 6.54 Å². The number of nitrogens with one attached hydrogen (secondary N) is 1. The third-order valence-electron chi connectivity index (χ3n) is 2.61. The lowest BCUT2D eigenvalue weighted by Crippen LogP contribution is -2.13. The van der Waals surface area contributed by atoms with Gasteiger partial charge in [0.2, 0.25) is 0 Å². The maximum atomic E-state index is 12.8. The molecule has 0 saturated heterocycles. The van der Waals surface area contributed by atoms with Gasteiger partial charge in [0.05, 0.1) is 18.1 Å². The molecule has 0 spiro atoms. The third kappa shape index (κ3) is 2.81. The fraction of sp³-hybridized carbons (Fsp3) is 0.231. The van der Waals surface area contributed by atoms with E-state index in [1.807, 2.05) is 19.0 Å². The first-order chi connectivity index (χ1) is 8.70. The van der Waals surface area contributed by atoms with E-state index < -0.39 is 0 Å². The van der Waals surface area contributed by atoms with Crippen LogP contribution in [0.3, 0.4) is 0 Å². The van der Waals surface area contributed by atoms with Crippen LogP contribution in [-0.4, -0.2) is 24.1 Å². The van der Waals surface area contributed by atoms with Crippen molar-refractivity contribution in [3.8, 4) is 0 Å². The molecule has 18 heavy (non-hydrogen) atoms. The van der Waals surface area contributed by atoms with Crippen LogP contribution >= 0.6 is 0 Å². The van der Waals surface area contributed by atoms with Gasteiger partial charge in [-0.3, -0.25) is 4.98 Å². The van der Waals surface area contributed by atoms with Crippen LogP contribution in [0.2, 0.25) is 0 Å². The van der Waals surface area contributed by atoms with E-state index in [-0.39, 0.29) is 5.82 Å². The number of aromatic nitrogens is 2. The van der Waals surface area contributed by atoms with Crippen molar-refractivity contribution in [2.24, 2.45) is 0 Å². The molecular weight excluding hydrogens is 231 g/mol. The Balaban J connectivity index is 2.17. The zero-order chi connectivity index (χ0) is 13.0. The van der Waals surface area contributed by atoms with Gasteiger partial charge in [-0.2, -0.15) is 0 Å². The molecule has 0 fully saturated rings. The summed E-state index contributed by atoms with van der Waals surface area (Å²) in [6, 6.07) is 6.26. The normalized spacial score (nSPS) is 10.4. The van der Waals surface area contributed by atoms with Gasteiger partial charge < -0.3 is 10.2 Å². The average molecular weight is 246 g/mol. The maximum absolute atomic E-state index is 12.8. The van der Waals surface area contributed by atoms with E-state index in [0.717, 1.165) is 17.2 Å². The van der Waals surface area contributed by atoms with Crippen molar-refractivity contribution >= 4 is 11.5 Å². The van der Waals surface area contributed by atoms with Gasteiger partial charge >= 0.3 is 0 Å². The molecule has 2 rings (SSSR count). The van der Waals surface area contributed by atoms with Crippen LogP contribution in [0, 0.1) is 5.82 Å². The maximum Gasteiger partial charge on any atom is 0.151 e. The first-order valence-corrected chi connectivity index (χ1v) is 5.65. The number of nitrogens with zero attached hydrogens (tertiary/aromatic N) is 3. The highest BCUT2D eigenvalue weighted by atomic mass is 19.1. The Bertz CT molecular complexity index is 495. The first kappa shape index (κ1) is 12.4. The predicted molar refractivity (Wildman–Crippen MR) is 69.3 cm³/mol. The number of anilines is 2. The summed E-state index contributed by atoms with van der Waals surface area (Å²) in [6.07, 6.45) is 3.43. The second kappa shape index (κ2) is 5.55. The zero-order valence-corrected chi connectivity index (χ0v) is 10.4. The van der Waals surface area contributed by atoms with Gasteiger partial charge in [-0.25, -0.2) is 9.37 Å². The van der Waals surface area contributed by atoms with Crippen LogP contribution in [0.1, 0.15) is 5.69 Å². The Morgan fingerprint density at radius 1 is 1.17 bits per heavy atom. The number of hydrogen-bond donors (Lipinski definition) is 1. The lowest BCUT2D eigenvalue weighted by atomic mass is 10.3. The Kier molecular flexibility index (Phi) is 3.84. The Morgan fingerprint density at radius 3 is 2.44 bits per heavy atom. The molecule has 0 aliphatic carbocycles. The number of halogens is 1. The summed E-state index contributed by atoms with van der Waals surface area (Å²) < 4.78 is 12.8. The lowest BCUT2D eigenvalue weighted by Gasteiger charge is -2.17. The molecule has 0 aliphatic rings. The molecule has 5 heteroatoms. The van der Waals surface area contributed by atoms with E-state index in [0.29, 0.717) is 6.54 Å². The van der Waals surface area contributed by atoms with Crippen LogP contribution in [0.4, 0.5) is 15.9 Å². The van der Waals surface area contributed by atoms with Crippen LogP contribution in [0.5, 0.6) is 0 Å². The average Bonchev–Trinajstić information content (AvgIpc) is 2.40. The molecule has 1 aromatic heterocycles. The van der Waals surface area contributed by atoms with E-state index in [9.17, 15) is 4.39 Å². The minimum atomic E-state index is -0.248. The van der Waals surface area contributed by atoms with Gasteiger partial charge in [0.1, 0.15) is 5.82 Å². The Morgan fingerprint density at radius 2 is 1.89 bits per heavy atom. The molecule has 0 unspecified atom stereocenters. The van der Waals surface area contributed by atoms with E-state index in [4.69, 9.17) is 0 Å². The molecule has 2 aromatic rings. The summed E-state index contributed by atoms with van der Waals surface area (Å²) in [5.74, 6) is 0.476. The van der Waals surface area contributed by atoms with Crippen molar-refractivity contribution < 1.29 is 4.39 Å². The van der Waals surface area contributed by atoms with Crippen LogP contribution in [0.25, 0.3) is 0 Å². The summed E-state index contributed by atoms with van der Waals surface area (Å²) in [5.41, 5.74) is 1.75. The quantitative estimate of drug-likeness (QED) is 0.897. The van der Waals surface area contributed by atoms with E-state index in [2.05, 4.69) is 15.3 Å². The molecule has 94 valence electrons. The van der Waals surface area contributed by atoms with Gasteiger partial charge in [0, 0.05) is 19.3 Å². The van der Waals surface area contributed by atoms with Crippen molar-refractivity contribution in [1.82, 2.24) is 15.3 Å². The highest BCUT2D eigenvalue weighted by Crippen LogP contribution is 2.20. The summed E-state index contributed by atoms with van der Waals surface area (Å²) in [7, 11) is 3.73. The smallest absolute Gasteiger partial charge is 0.151 e. The largest absolute Gasteiger partial charge is 0.328 e. The molecule has 1 heterocycles. The minimum absolute atomic E-state index is 0.248. The second-order valence-electron chi connectivity index (χ2n) is 3.93. The molecular formula is C13H15FN4. The number of benzene rings is 1. The van der Waals surface area contributed by atoms with Crippen LogP contribution in [0.15, 0.2) is 36.7 Å². The molecule has 0 saturated carbocycles. The summed E-state index contributed by atoms with van der Waals surface area (Å²) in [5, 5.41) is 3.01. The summed E-state index contributed by atoms with van der Waals surface area (Å²) in [4.78, 5) is 10.5. The van der Waals surface area contributed by atoms with Crippen LogP contribution < -0.4 is 10.2 Å². The van der Waals surface area contributed by atoms with E-state index in [1.165, 1.54) is 12.1 Å². The fourth-order valence-electron chi connectivity index (χ4n) is 1.59. The molecule has 0 atom stereocenters. The summed E-state index contributed by atoms with van der Waals surface area (Å²) >= 11 is 0. The second-order valence-corrected chi connectivity index (χ2v) is 3.93. The first-order valence-electron chi connectivity index (χ1n) is 5.65. The van der Waals surface area contributed by atoms with Crippen molar-refractivity contribution in [2.75, 3.05) is 19.0 Å². The molecule has 0 bridgehead atoms. The molecule has 0 radical (unpaired) electrons. The molecule has 0 amide bonds. The number of hydrogen-bond acceptors (Lipinski definition) is 4. The van der Waals surface area contributed by atoms with Gasteiger partial charge in [-0.15, -0.1) is 0 Å². The van der Waals surface area contributed by atoms with Crippen molar-refractivity contribution in [3.63, 3.8) is 0 Å². The molecule has 1 aromatic carbocycles. The van der Waals surface area contributed by atoms with E-state index in [1.54, 1.807) is 24.5 Å². The molecule has 4 nitrogen and oxygen atoms in total. The van der Waals surface area contributed by atoms with Gasteiger partial charge in [-0.1, -0.05) is 0 Å². The van der Waals surface area contributed by atoms with Crippen molar-refractivity contribution in [1.29, 1.82) is 0 Å². The standard InChI is InChI=1S/C13H15FN4/c1-15-7-11-8-17-13(9-16-11)18(2)12-5-3-10(14)4-6-12/h3-6,8-9,15H,7H2,1-2H3. The summed E-state index contributed by atoms with van der Waals surface area (Å²) in [6.45, 7) is 0.688. The van der Waals surface area contributed by atoms with Gasteiger partial charge in [0.25, 0.3) is 0 Å². The predicted octanol–water partition coefficient (Wildman–Crippen LogP) is 2.10. The number of rotatable bonds is 4. The van der Waals surface area contributed by atoms with Gasteiger partial charge in [-0.05, 0) is 31.3 Å². The Labute approximate surface area is 105 Å². The van der Waals surface area contributed by atoms with Crippen molar-refractivity contribution in [3.05, 3.63) is 48.2 Å². The highest BCUT2D eigenvalue weighted by Gasteiger charge is 2.06. The zero-order valence-electron chi connectivity index (χ0n) is 10.4. The van der Waals surface area contributed by atoms with Crippen molar-refractivity contribution in [2.45, 2.75) is 6.54 Å². The Hall–Kier alpha value is -2.01. The minimum Gasteiger partial charge on any atom is -0.328 e. The fourth-order valence-corrected chi connectivity index (χ4v) is 1.59. The SMILES string of the molecule is CNCc1cnc(N(C)c2ccc(F)cc2)cn1. The molecule has 1 N–H and O–H groups in total. The lowest BCUT2D eigenvalue weighted by molar-refractivity contribution is 0.628. The third-order valence-corrected chi connectivity index (χ3v) is 2.61. The molecule has 0 aliphatic heterocycles. The monoisotopic (exact) mass is 246 g/mol. The van der Waals surface area contributed by atoms with E-state index >= 15 is 0 Å². The van der Waals surface area contributed by atoms with Gasteiger partial charge in [0.15, 0.2) is 5.82 Å².